The summed E-state index contributed by atoms with van der Waals surface area (Å²) in [6.45, 7) is 1.67. The zero-order chi connectivity index (χ0) is 10.3. The highest BCUT2D eigenvalue weighted by molar-refractivity contribution is 5.85. The standard InChI is InChI=1S/C9H17NO3.ClH/c1-7(10)8(11)5-3-2-4-6-9(12)13;/h7H,2-6,10H2,1H3,(H,12,13);1H/t7-;/m1./s1. The lowest BCUT2D eigenvalue weighted by atomic mass is 10.1. The van der Waals surface area contributed by atoms with Gasteiger partial charge >= 0.3 is 5.97 Å². The van der Waals surface area contributed by atoms with E-state index in [-0.39, 0.29) is 30.7 Å². The number of carbonyl (C=O) groups excluding carboxylic acids is 1. The highest BCUT2D eigenvalue weighted by Crippen LogP contribution is 2.04. The van der Waals surface area contributed by atoms with Crippen molar-refractivity contribution >= 4 is 24.2 Å². The number of Topliss-reactive ketones (excluding diaryl/α,β-unsaturated/α-hetero) is 1. The monoisotopic (exact) mass is 223 g/mol. The van der Waals surface area contributed by atoms with E-state index in [2.05, 4.69) is 0 Å². The van der Waals surface area contributed by atoms with E-state index in [0.29, 0.717) is 12.8 Å². The fourth-order valence-electron chi connectivity index (χ4n) is 0.980. The van der Waals surface area contributed by atoms with Crippen molar-refractivity contribution < 1.29 is 14.7 Å². The largest absolute Gasteiger partial charge is 0.481 e. The predicted molar refractivity (Wildman–Crippen MR) is 56.6 cm³/mol. The first-order valence-corrected chi connectivity index (χ1v) is 4.54. The van der Waals surface area contributed by atoms with Gasteiger partial charge in [-0.05, 0) is 19.8 Å². The van der Waals surface area contributed by atoms with Gasteiger partial charge in [0.1, 0.15) is 5.78 Å². The van der Waals surface area contributed by atoms with Gasteiger partial charge in [-0.3, -0.25) is 9.59 Å². The summed E-state index contributed by atoms with van der Waals surface area (Å²) in [5.74, 6) is -0.728. The average molecular weight is 224 g/mol. The number of nitrogens with two attached hydrogens (primary N) is 1. The molecule has 84 valence electrons. The predicted octanol–water partition coefficient (Wildman–Crippen LogP) is 1.36. The van der Waals surface area contributed by atoms with Crippen LogP contribution in [0.25, 0.3) is 0 Å². The lowest BCUT2D eigenvalue weighted by Gasteiger charge is -2.02. The maximum Gasteiger partial charge on any atom is 0.303 e. The van der Waals surface area contributed by atoms with E-state index in [1.54, 1.807) is 6.92 Å². The van der Waals surface area contributed by atoms with E-state index in [9.17, 15) is 9.59 Å². The molecule has 3 N–H and O–H groups in total. The van der Waals surface area contributed by atoms with Crippen molar-refractivity contribution in [3.63, 3.8) is 0 Å². The number of unbranched alkanes of at least 4 members (excludes halogenated alkanes) is 2. The molecular formula is C9H18ClNO3. The van der Waals surface area contributed by atoms with Crippen molar-refractivity contribution in [3.05, 3.63) is 0 Å². The van der Waals surface area contributed by atoms with Crippen molar-refractivity contribution in [1.82, 2.24) is 0 Å². The Morgan fingerprint density at radius 2 is 1.71 bits per heavy atom. The summed E-state index contributed by atoms with van der Waals surface area (Å²) in [5.41, 5.74) is 5.36. The van der Waals surface area contributed by atoms with E-state index < -0.39 is 5.97 Å². The first-order chi connectivity index (χ1) is 6.04. The smallest absolute Gasteiger partial charge is 0.303 e. The van der Waals surface area contributed by atoms with Crippen LogP contribution in [0.2, 0.25) is 0 Å². The van der Waals surface area contributed by atoms with Crippen molar-refractivity contribution in [2.24, 2.45) is 5.73 Å². The van der Waals surface area contributed by atoms with Crippen molar-refractivity contribution in [1.29, 1.82) is 0 Å². The van der Waals surface area contributed by atoms with Crippen LogP contribution in [0.4, 0.5) is 0 Å². The normalized spacial score (nSPS) is 11.6. The summed E-state index contributed by atoms with van der Waals surface area (Å²) in [4.78, 5) is 21.1. The number of carboxylic acids is 1. The lowest BCUT2D eigenvalue weighted by Crippen LogP contribution is -2.26. The van der Waals surface area contributed by atoms with Gasteiger partial charge in [-0.2, -0.15) is 0 Å². The Kier molecular flexibility index (Phi) is 10.1. The van der Waals surface area contributed by atoms with E-state index in [1.807, 2.05) is 0 Å². The number of halogens is 1. The number of carbonyl (C=O) groups is 2. The molecule has 0 amide bonds. The average Bonchev–Trinajstić information content (AvgIpc) is 2.02. The topological polar surface area (TPSA) is 80.4 Å². The summed E-state index contributed by atoms with van der Waals surface area (Å²) >= 11 is 0. The summed E-state index contributed by atoms with van der Waals surface area (Å²) in [7, 11) is 0. The summed E-state index contributed by atoms with van der Waals surface area (Å²) < 4.78 is 0. The molecule has 0 fully saturated rings. The third-order valence-corrected chi connectivity index (χ3v) is 1.82. The van der Waals surface area contributed by atoms with Crippen molar-refractivity contribution in [3.8, 4) is 0 Å². The first kappa shape index (κ1) is 15.8. The molecule has 14 heavy (non-hydrogen) atoms. The van der Waals surface area contributed by atoms with Crippen LogP contribution in [0.5, 0.6) is 0 Å². The van der Waals surface area contributed by atoms with Crippen molar-refractivity contribution in [2.75, 3.05) is 0 Å². The second-order valence-corrected chi connectivity index (χ2v) is 3.21. The van der Waals surface area contributed by atoms with E-state index >= 15 is 0 Å². The molecule has 0 aliphatic rings. The zero-order valence-corrected chi connectivity index (χ0v) is 9.18. The molecule has 1 atom stereocenters. The molecule has 0 heterocycles. The Balaban J connectivity index is 0. The molecule has 0 rings (SSSR count). The Labute approximate surface area is 90.3 Å². The van der Waals surface area contributed by atoms with Gasteiger partial charge in [0.05, 0.1) is 6.04 Å². The van der Waals surface area contributed by atoms with Gasteiger partial charge in [0.15, 0.2) is 0 Å². The molecule has 0 radical (unpaired) electrons. The molecule has 0 bridgehead atoms. The highest BCUT2D eigenvalue weighted by Gasteiger charge is 2.06. The van der Waals surface area contributed by atoms with E-state index in [1.165, 1.54) is 0 Å². The molecule has 0 spiro atoms. The fraction of sp³-hybridized carbons (Fsp3) is 0.778. The molecule has 0 saturated heterocycles. The Morgan fingerprint density at radius 1 is 1.21 bits per heavy atom. The van der Waals surface area contributed by atoms with Crippen LogP contribution in [0, 0.1) is 0 Å². The van der Waals surface area contributed by atoms with Gasteiger partial charge in [-0.1, -0.05) is 6.42 Å². The van der Waals surface area contributed by atoms with Crippen LogP contribution in [-0.2, 0) is 9.59 Å². The molecule has 5 heteroatoms. The molecule has 0 aliphatic carbocycles. The fourth-order valence-corrected chi connectivity index (χ4v) is 0.980. The third-order valence-electron chi connectivity index (χ3n) is 1.82. The SMILES string of the molecule is C[C@@H](N)C(=O)CCCCCC(=O)O.Cl. The third kappa shape index (κ3) is 9.48. The minimum Gasteiger partial charge on any atom is -0.481 e. The second kappa shape index (κ2) is 8.97. The maximum atomic E-state index is 11.0. The maximum absolute atomic E-state index is 11.0. The van der Waals surface area contributed by atoms with Crippen molar-refractivity contribution in [2.45, 2.75) is 45.1 Å². The van der Waals surface area contributed by atoms with E-state index in [4.69, 9.17) is 10.8 Å². The second-order valence-electron chi connectivity index (χ2n) is 3.21. The van der Waals surface area contributed by atoms with Crippen LogP contribution < -0.4 is 5.73 Å². The summed E-state index contributed by atoms with van der Waals surface area (Å²) in [6, 6.07) is -0.389. The van der Waals surface area contributed by atoms with Gasteiger partial charge in [0.2, 0.25) is 0 Å². The molecule has 0 unspecified atom stereocenters. The van der Waals surface area contributed by atoms with Crippen LogP contribution >= 0.6 is 12.4 Å². The quantitative estimate of drug-likeness (QED) is 0.639. The summed E-state index contributed by atoms with van der Waals surface area (Å²) in [5, 5.41) is 8.32. The lowest BCUT2D eigenvalue weighted by molar-refractivity contribution is -0.137. The van der Waals surface area contributed by atoms with Gasteiger partial charge in [0, 0.05) is 12.8 Å². The number of carboxylic acid groups (broad SMARTS) is 1. The summed E-state index contributed by atoms with van der Waals surface area (Å²) in [6.07, 6.45) is 2.82. The molecule has 0 aromatic carbocycles. The zero-order valence-electron chi connectivity index (χ0n) is 8.36. The Hall–Kier alpha value is -0.610. The molecular weight excluding hydrogens is 206 g/mol. The molecule has 4 nitrogen and oxygen atoms in total. The van der Waals surface area contributed by atoms with Crippen LogP contribution in [0.3, 0.4) is 0 Å². The van der Waals surface area contributed by atoms with Crippen LogP contribution in [-0.4, -0.2) is 22.9 Å². The van der Waals surface area contributed by atoms with E-state index in [0.717, 1.165) is 12.8 Å². The number of rotatable bonds is 7. The number of hydrogen-bond donors (Lipinski definition) is 2. The number of aliphatic carboxylic acids is 1. The molecule has 0 saturated carbocycles. The van der Waals surface area contributed by atoms with Gasteiger partial charge < -0.3 is 10.8 Å². The van der Waals surface area contributed by atoms with Gasteiger partial charge in [-0.15, -0.1) is 12.4 Å². The minimum absolute atomic E-state index is 0. The Morgan fingerprint density at radius 3 is 2.14 bits per heavy atom. The molecule has 0 aliphatic heterocycles. The van der Waals surface area contributed by atoms with Crippen LogP contribution in [0.1, 0.15) is 39.0 Å². The molecule has 0 aromatic heterocycles. The van der Waals surface area contributed by atoms with Crippen LogP contribution in [0.15, 0.2) is 0 Å². The first-order valence-electron chi connectivity index (χ1n) is 4.54. The van der Waals surface area contributed by atoms with Gasteiger partial charge in [-0.25, -0.2) is 0 Å². The highest BCUT2D eigenvalue weighted by atomic mass is 35.5. The van der Waals surface area contributed by atoms with Gasteiger partial charge in [0.25, 0.3) is 0 Å². The number of hydrogen-bond acceptors (Lipinski definition) is 3. The minimum atomic E-state index is -0.779. The number of ketones is 1. The molecule has 0 aromatic rings. The Bertz CT molecular complexity index is 183.